The van der Waals surface area contributed by atoms with Crippen molar-refractivity contribution in [1.82, 2.24) is 4.98 Å². The van der Waals surface area contributed by atoms with Gasteiger partial charge in [0.05, 0.1) is 0 Å². The second-order valence-electron chi connectivity index (χ2n) is 1.81. The van der Waals surface area contributed by atoms with E-state index < -0.39 is 0 Å². The van der Waals surface area contributed by atoms with Crippen molar-refractivity contribution in [3.8, 4) is 0 Å². The number of nitrogens with zero attached hydrogens (tertiary/aromatic N) is 1. The van der Waals surface area contributed by atoms with Crippen molar-refractivity contribution in [1.29, 1.82) is 0 Å². The third-order valence-electron chi connectivity index (χ3n) is 1.08. The van der Waals surface area contributed by atoms with E-state index in [1.165, 1.54) is 0 Å². The Balaban J connectivity index is 0.000000810. The Morgan fingerprint density at radius 1 is 1.50 bits per heavy atom. The Hall–Kier alpha value is -0.820. The normalized spacial score (nSPS) is 8.00. The number of hydrogen-bond donors (Lipinski definition) is 0. The molecule has 0 fully saturated rings. The van der Waals surface area contributed by atoms with Crippen molar-refractivity contribution in [3.05, 3.63) is 42.7 Å². The first-order chi connectivity index (χ1) is 4.43. The average molecular weight is 156 g/mol. The van der Waals surface area contributed by atoms with Crippen LogP contribution in [0.4, 0.5) is 0 Å². The Bertz CT molecular complexity index is 184. The highest BCUT2D eigenvalue weighted by Gasteiger charge is 1.83. The molecule has 0 saturated carbocycles. The zero-order chi connectivity index (χ0) is 6.53. The Kier molecular flexibility index (Phi) is 4.59. The van der Waals surface area contributed by atoms with E-state index in [9.17, 15) is 0 Å². The quantitative estimate of drug-likeness (QED) is 0.597. The zero-order valence-electron chi connectivity index (χ0n) is 5.66. The van der Waals surface area contributed by atoms with Crippen molar-refractivity contribution in [2.45, 2.75) is 6.42 Å². The second-order valence-corrected chi connectivity index (χ2v) is 1.81. The molecule has 1 aromatic heterocycles. The van der Waals surface area contributed by atoms with Crippen molar-refractivity contribution in [3.63, 3.8) is 0 Å². The van der Waals surface area contributed by atoms with Crippen LogP contribution in [0.2, 0.25) is 0 Å². The molecule has 0 radical (unpaired) electrons. The highest BCUT2D eigenvalue weighted by atomic mass is 35.5. The first kappa shape index (κ1) is 9.18. The SMILES string of the molecule is C=CCc1ccccn1.Cl. The molecule has 0 aromatic carbocycles. The van der Waals surface area contributed by atoms with Crippen LogP contribution in [0, 0.1) is 0 Å². The van der Waals surface area contributed by atoms with Crippen LogP contribution in [-0.4, -0.2) is 4.98 Å². The molecule has 54 valence electrons. The molecule has 0 N–H and O–H groups in total. The lowest BCUT2D eigenvalue weighted by Gasteiger charge is -1.90. The molecular formula is C8H10ClN. The number of halogens is 1. The van der Waals surface area contributed by atoms with Crippen LogP contribution in [-0.2, 0) is 6.42 Å². The Labute approximate surface area is 67.2 Å². The van der Waals surface area contributed by atoms with Crippen LogP contribution >= 0.6 is 12.4 Å². The van der Waals surface area contributed by atoms with Crippen LogP contribution < -0.4 is 0 Å². The maximum absolute atomic E-state index is 4.10. The third kappa shape index (κ3) is 2.65. The maximum atomic E-state index is 4.10. The molecular weight excluding hydrogens is 146 g/mol. The van der Waals surface area contributed by atoms with E-state index in [1.54, 1.807) is 6.20 Å². The van der Waals surface area contributed by atoms with E-state index in [0.29, 0.717) is 0 Å². The molecule has 0 amide bonds. The first-order valence-corrected chi connectivity index (χ1v) is 2.94. The van der Waals surface area contributed by atoms with Gasteiger partial charge in [-0.3, -0.25) is 4.98 Å². The summed E-state index contributed by atoms with van der Waals surface area (Å²) in [4.78, 5) is 4.10. The van der Waals surface area contributed by atoms with Gasteiger partial charge in [-0.25, -0.2) is 0 Å². The number of allylic oxidation sites excluding steroid dienone is 1. The molecule has 1 rings (SSSR count). The van der Waals surface area contributed by atoms with Crippen molar-refractivity contribution < 1.29 is 0 Å². The lowest BCUT2D eigenvalue weighted by atomic mass is 10.3. The number of aromatic nitrogens is 1. The fourth-order valence-corrected chi connectivity index (χ4v) is 0.667. The molecule has 1 heterocycles. The lowest BCUT2D eigenvalue weighted by Crippen LogP contribution is -1.82. The molecule has 1 aromatic rings. The Morgan fingerprint density at radius 2 is 2.30 bits per heavy atom. The summed E-state index contributed by atoms with van der Waals surface area (Å²) in [5.74, 6) is 0. The fourth-order valence-electron chi connectivity index (χ4n) is 0.667. The van der Waals surface area contributed by atoms with Gasteiger partial charge >= 0.3 is 0 Å². The summed E-state index contributed by atoms with van der Waals surface area (Å²) in [7, 11) is 0. The van der Waals surface area contributed by atoms with Gasteiger partial charge in [-0.15, -0.1) is 19.0 Å². The molecule has 10 heavy (non-hydrogen) atoms. The highest BCUT2D eigenvalue weighted by Crippen LogP contribution is 1.93. The maximum Gasteiger partial charge on any atom is 0.0441 e. The molecule has 0 unspecified atom stereocenters. The van der Waals surface area contributed by atoms with Crippen LogP contribution in [0.3, 0.4) is 0 Å². The Morgan fingerprint density at radius 3 is 2.80 bits per heavy atom. The van der Waals surface area contributed by atoms with E-state index in [4.69, 9.17) is 0 Å². The molecule has 0 spiro atoms. The van der Waals surface area contributed by atoms with Crippen LogP contribution in [0.15, 0.2) is 37.1 Å². The monoisotopic (exact) mass is 155 g/mol. The van der Waals surface area contributed by atoms with Gasteiger partial charge in [-0.1, -0.05) is 12.1 Å². The van der Waals surface area contributed by atoms with Crippen LogP contribution in [0.1, 0.15) is 5.69 Å². The summed E-state index contributed by atoms with van der Waals surface area (Å²) in [5.41, 5.74) is 1.08. The fraction of sp³-hybridized carbons (Fsp3) is 0.125. The van der Waals surface area contributed by atoms with Crippen molar-refractivity contribution >= 4 is 12.4 Å². The minimum atomic E-state index is 0. The van der Waals surface area contributed by atoms with Gasteiger partial charge in [0.15, 0.2) is 0 Å². The zero-order valence-corrected chi connectivity index (χ0v) is 6.47. The lowest BCUT2D eigenvalue weighted by molar-refractivity contribution is 1.11. The van der Waals surface area contributed by atoms with E-state index in [0.717, 1.165) is 12.1 Å². The van der Waals surface area contributed by atoms with Gasteiger partial charge in [-0.2, -0.15) is 0 Å². The van der Waals surface area contributed by atoms with Crippen molar-refractivity contribution in [2.75, 3.05) is 0 Å². The number of rotatable bonds is 2. The van der Waals surface area contributed by atoms with Crippen LogP contribution in [0.5, 0.6) is 0 Å². The largest absolute Gasteiger partial charge is 0.261 e. The molecule has 1 nitrogen and oxygen atoms in total. The smallest absolute Gasteiger partial charge is 0.0441 e. The van der Waals surface area contributed by atoms with Crippen molar-refractivity contribution in [2.24, 2.45) is 0 Å². The molecule has 0 aliphatic rings. The minimum Gasteiger partial charge on any atom is -0.261 e. The van der Waals surface area contributed by atoms with Gasteiger partial charge < -0.3 is 0 Å². The highest BCUT2D eigenvalue weighted by molar-refractivity contribution is 5.85. The molecule has 0 saturated heterocycles. The molecule has 0 atom stereocenters. The third-order valence-corrected chi connectivity index (χ3v) is 1.08. The van der Waals surface area contributed by atoms with Gasteiger partial charge in [0.2, 0.25) is 0 Å². The van der Waals surface area contributed by atoms with E-state index in [-0.39, 0.29) is 12.4 Å². The summed E-state index contributed by atoms with van der Waals surface area (Å²) in [6.45, 7) is 3.62. The van der Waals surface area contributed by atoms with Gasteiger partial charge in [0, 0.05) is 18.3 Å². The molecule has 2 heteroatoms. The topological polar surface area (TPSA) is 12.9 Å². The second kappa shape index (κ2) is 5.00. The van der Waals surface area contributed by atoms with Gasteiger partial charge in [-0.05, 0) is 12.1 Å². The summed E-state index contributed by atoms with van der Waals surface area (Å²) >= 11 is 0. The van der Waals surface area contributed by atoms with E-state index in [2.05, 4.69) is 11.6 Å². The minimum absolute atomic E-state index is 0. The first-order valence-electron chi connectivity index (χ1n) is 2.94. The molecule has 0 aliphatic heterocycles. The predicted octanol–water partition coefficient (Wildman–Crippen LogP) is 2.23. The van der Waals surface area contributed by atoms with Crippen LogP contribution in [0.25, 0.3) is 0 Å². The van der Waals surface area contributed by atoms with Gasteiger partial charge in [0.25, 0.3) is 0 Å². The predicted molar refractivity (Wildman–Crippen MR) is 45.4 cm³/mol. The number of hydrogen-bond acceptors (Lipinski definition) is 1. The van der Waals surface area contributed by atoms with E-state index >= 15 is 0 Å². The molecule has 0 aliphatic carbocycles. The number of pyridine rings is 1. The molecule has 0 bridgehead atoms. The summed E-state index contributed by atoms with van der Waals surface area (Å²) < 4.78 is 0. The average Bonchev–Trinajstić information content (AvgIpc) is 1.91. The summed E-state index contributed by atoms with van der Waals surface area (Å²) in [5, 5.41) is 0. The summed E-state index contributed by atoms with van der Waals surface area (Å²) in [6, 6.07) is 5.88. The summed E-state index contributed by atoms with van der Waals surface area (Å²) in [6.07, 6.45) is 4.50. The van der Waals surface area contributed by atoms with E-state index in [1.807, 2.05) is 24.3 Å². The standard InChI is InChI=1S/C8H9N.ClH/c1-2-5-8-6-3-4-7-9-8;/h2-4,6-7H,1,5H2;1H. The van der Waals surface area contributed by atoms with Gasteiger partial charge in [0.1, 0.15) is 0 Å².